The highest BCUT2D eigenvalue weighted by molar-refractivity contribution is 9.10. The Hall–Kier alpha value is -1.54. The molecule has 0 bridgehead atoms. The van der Waals surface area contributed by atoms with Gasteiger partial charge in [0.1, 0.15) is 0 Å². The third-order valence-corrected chi connectivity index (χ3v) is 3.09. The third-order valence-electron chi connectivity index (χ3n) is 2.59. The van der Waals surface area contributed by atoms with Crippen LogP contribution in [0.5, 0.6) is 0 Å². The molecule has 1 aromatic carbocycles. The minimum Gasteiger partial charge on any atom is -0.398 e. The van der Waals surface area contributed by atoms with Crippen molar-refractivity contribution in [2.45, 2.75) is 26.3 Å². The summed E-state index contributed by atoms with van der Waals surface area (Å²) in [5.74, 6) is -0.140. The van der Waals surface area contributed by atoms with Gasteiger partial charge in [-0.15, -0.1) is 0 Å². The highest BCUT2D eigenvalue weighted by Gasteiger charge is 2.20. The van der Waals surface area contributed by atoms with E-state index in [0.29, 0.717) is 24.2 Å². The van der Waals surface area contributed by atoms with Crippen LogP contribution in [0.3, 0.4) is 0 Å². The second kappa shape index (κ2) is 6.41. The Morgan fingerprint density at radius 2 is 2.22 bits per heavy atom. The standard InChI is InChI=1S/C13H16BrN3O/c1-9(2)17(7-3-6-15)13(18)11-8-10(14)4-5-12(11)16/h4-5,8-9H,3,7,16H2,1-2H3. The van der Waals surface area contributed by atoms with Crippen molar-refractivity contribution in [2.75, 3.05) is 12.3 Å². The van der Waals surface area contributed by atoms with Gasteiger partial charge >= 0.3 is 0 Å². The number of amides is 1. The maximum absolute atomic E-state index is 12.4. The third kappa shape index (κ3) is 3.47. The number of anilines is 1. The van der Waals surface area contributed by atoms with Gasteiger partial charge in [0.25, 0.3) is 5.91 Å². The number of nitriles is 1. The Morgan fingerprint density at radius 1 is 1.56 bits per heavy atom. The van der Waals surface area contributed by atoms with Crippen LogP contribution in [0.15, 0.2) is 22.7 Å². The van der Waals surface area contributed by atoms with E-state index < -0.39 is 0 Å². The maximum atomic E-state index is 12.4. The molecule has 18 heavy (non-hydrogen) atoms. The molecule has 96 valence electrons. The molecule has 0 heterocycles. The van der Waals surface area contributed by atoms with E-state index in [2.05, 4.69) is 22.0 Å². The number of rotatable bonds is 4. The second-order valence-electron chi connectivity index (χ2n) is 4.23. The van der Waals surface area contributed by atoms with E-state index in [1.54, 1.807) is 23.1 Å². The fourth-order valence-corrected chi connectivity index (χ4v) is 1.99. The van der Waals surface area contributed by atoms with Gasteiger partial charge in [-0.1, -0.05) is 15.9 Å². The summed E-state index contributed by atoms with van der Waals surface area (Å²) in [7, 11) is 0. The Labute approximate surface area is 116 Å². The summed E-state index contributed by atoms with van der Waals surface area (Å²) in [6, 6.07) is 7.28. The first kappa shape index (κ1) is 14.5. The fourth-order valence-electron chi connectivity index (χ4n) is 1.63. The first-order chi connectivity index (χ1) is 8.47. The van der Waals surface area contributed by atoms with Crippen LogP contribution >= 0.6 is 15.9 Å². The summed E-state index contributed by atoms with van der Waals surface area (Å²) >= 11 is 3.32. The lowest BCUT2D eigenvalue weighted by Crippen LogP contribution is -2.38. The number of nitrogens with zero attached hydrogens (tertiary/aromatic N) is 2. The lowest BCUT2D eigenvalue weighted by atomic mass is 10.1. The number of halogens is 1. The zero-order valence-electron chi connectivity index (χ0n) is 10.5. The number of nitrogens with two attached hydrogens (primary N) is 1. The number of hydrogen-bond donors (Lipinski definition) is 1. The molecule has 0 spiro atoms. The molecular weight excluding hydrogens is 294 g/mol. The Bertz CT molecular complexity index is 480. The van der Waals surface area contributed by atoms with Gasteiger partial charge in [0, 0.05) is 22.7 Å². The summed E-state index contributed by atoms with van der Waals surface area (Å²) in [5, 5.41) is 8.63. The van der Waals surface area contributed by atoms with Crippen molar-refractivity contribution in [1.82, 2.24) is 4.90 Å². The topological polar surface area (TPSA) is 70.1 Å². The van der Waals surface area contributed by atoms with Crippen LogP contribution < -0.4 is 5.73 Å². The Morgan fingerprint density at radius 3 is 2.78 bits per heavy atom. The van der Waals surface area contributed by atoms with Crippen molar-refractivity contribution in [2.24, 2.45) is 0 Å². The highest BCUT2D eigenvalue weighted by atomic mass is 79.9. The summed E-state index contributed by atoms with van der Waals surface area (Å²) in [5.41, 5.74) is 6.74. The lowest BCUT2D eigenvalue weighted by Gasteiger charge is -2.26. The lowest BCUT2D eigenvalue weighted by molar-refractivity contribution is 0.0711. The Kier molecular flexibility index (Phi) is 5.17. The smallest absolute Gasteiger partial charge is 0.256 e. The normalized spacial score (nSPS) is 10.2. The van der Waals surface area contributed by atoms with Crippen LogP contribution in [0.1, 0.15) is 30.6 Å². The molecule has 0 aromatic heterocycles. The van der Waals surface area contributed by atoms with Gasteiger partial charge in [0.2, 0.25) is 0 Å². The number of carbonyl (C=O) groups is 1. The molecule has 0 saturated carbocycles. The molecule has 0 aliphatic rings. The average molecular weight is 310 g/mol. The van der Waals surface area contributed by atoms with Crippen LogP contribution in [-0.2, 0) is 0 Å². The van der Waals surface area contributed by atoms with E-state index in [1.165, 1.54) is 0 Å². The number of nitrogen functional groups attached to an aromatic ring is 1. The highest BCUT2D eigenvalue weighted by Crippen LogP contribution is 2.21. The molecule has 5 heteroatoms. The van der Waals surface area contributed by atoms with Crippen LogP contribution in [0.25, 0.3) is 0 Å². The van der Waals surface area contributed by atoms with Gasteiger partial charge in [-0.2, -0.15) is 5.26 Å². The first-order valence-corrected chi connectivity index (χ1v) is 6.49. The minimum absolute atomic E-state index is 0.0317. The molecule has 0 aliphatic heterocycles. The van der Waals surface area contributed by atoms with Gasteiger partial charge in [0.05, 0.1) is 18.1 Å². The Balaban J connectivity index is 3.02. The molecule has 1 amide bonds. The molecule has 4 nitrogen and oxygen atoms in total. The van der Waals surface area contributed by atoms with Gasteiger partial charge in [-0.3, -0.25) is 4.79 Å². The quantitative estimate of drug-likeness (QED) is 0.869. The number of benzene rings is 1. The van der Waals surface area contributed by atoms with Crippen LogP contribution in [0.4, 0.5) is 5.69 Å². The molecule has 0 fully saturated rings. The molecule has 1 aromatic rings. The fraction of sp³-hybridized carbons (Fsp3) is 0.385. The van der Waals surface area contributed by atoms with Crippen molar-refractivity contribution < 1.29 is 4.79 Å². The minimum atomic E-state index is -0.140. The van der Waals surface area contributed by atoms with Crippen molar-refractivity contribution in [3.8, 4) is 6.07 Å². The number of hydrogen-bond acceptors (Lipinski definition) is 3. The number of carbonyl (C=O) groups excluding carboxylic acids is 1. The van der Waals surface area contributed by atoms with Gasteiger partial charge in [-0.05, 0) is 32.0 Å². The van der Waals surface area contributed by atoms with Crippen molar-refractivity contribution >= 4 is 27.5 Å². The van der Waals surface area contributed by atoms with E-state index in [0.717, 1.165) is 4.47 Å². The summed E-state index contributed by atoms with van der Waals surface area (Å²) in [4.78, 5) is 14.0. The predicted molar refractivity (Wildman–Crippen MR) is 75.0 cm³/mol. The molecule has 2 N–H and O–H groups in total. The molecule has 0 aliphatic carbocycles. The second-order valence-corrected chi connectivity index (χ2v) is 5.15. The summed E-state index contributed by atoms with van der Waals surface area (Å²) < 4.78 is 0.809. The van der Waals surface area contributed by atoms with Crippen LogP contribution in [0, 0.1) is 11.3 Å². The van der Waals surface area contributed by atoms with Crippen LogP contribution in [0.2, 0.25) is 0 Å². The van der Waals surface area contributed by atoms with Crippen molar-refractivity contribution in [3.63, 3.8) is 0 Å². The van der Waals surface area contributed by atoms with Crippen molar-refractivity contribution in [3.05, 3.63) is 28.2 Å². The zero-order chi connectivity index (χ0) is 13.7. The summed E-state index contributed by atoms with van der Waals surface area (Å²) in [6.07, 6.45) is 0.317. The van der Waals surface area contributed by atoms with E-state index in [4.69, 9.17) is 11.0 Å². The van der Waals surface area contributed by atoms with E-state index in [1.807, 2.05) is 13.8 Å². The maximum Gasteiger partial charge on any atom is 0.256 e. The van der Waals surface area contributed by atoms with E-state index in [-0.39, 0.29) is 11.9 Å². The molecule has 0 radical (unpaired) electrons. The van der Waals surface area contributed by atoms with Crippen LogP contribution in [-0.4, -0.2) is 23.4 Å². The zero-order valence-corrected chi connectivity index (χ0v) is 12.1. The molecular formula is C13H16BrN3O. The molecule has 0 saturated heterocycles. The largest absolute Gasteiger partial charge is 0.398 e. The molecule has 1 rings (SSSR count). The summed E-state index contributed by atoms with van der Waals surface area (Å²) in [6.45, 7) is 4.26. The monoisotopic (exact) mass is 309 g/mol. The van der Waals surface area contributed by atoms with Gasteiger partial charge < -0.3 is 10.6 Å². The van der Waals surface area contributed by atoms with E-state index >= 15 is 0 Å². The SMILES string of the molecule is CC(C)N(CCC#N)C(=O)c1cc(Br)ccc1N. The van der Waals surface area contributed by atoms with Gasteiger partial charge in [0.15, 0.2) is 0 Å². The predicted octanol–water partition coefficient (Wildman–Crippen LogP) is 2.80. The van der Waals surface area contributed by atoms with Gasteiger partial charge in [-0.25, -0.2) is 0 Å². The molecule has 0 atom stereocenters. The molecule has 0 unspecified atom stereocenters. The van der Waals surface area contributed by atoms with Crippen molar-refractivity contribution in [1.29, 1.82) is 5.26 Å². The van der Waals surface area contributed by atoms with E-state index in [9.17, 15) is 4.79 Å². The first-order valence-electron chi connectivity index (χ1n) is 5.70. The average Bonchev–Trinajstić information content (AvgIpc) is 2.32.